The predicted molar refractivity (Wildman–Crippen MR) is 131 cm³/mol. The van der Waals surface area contributed by atoms with Gasteiger partial charge in [0, 0.05) is 24.2 Å². The second kappa shape index (κ2) is 9.93. The summed E-state index contributed by atoms with van der Waals surface area (Å²) in [5.41, 5.74) is -1.68. The summed E-state index contributed by atoms with van der Waals surface area (Å²) in [6.07, 6.45) is -1.27. The van der Waals surface area contributed by atoms with Crippen molar-refractivity contribution >= 4 is 28.7 Å². The molecule has 0 aliphatic heterocycles. The Kier molecular flexibility index (Phi) is 6.48. The van der Waals surface area contributed by atoms with E-state index in [0.717, 1.165) is 6.07 Å². The van der Waals surface area contributed by atoms with Crippen molar-refractivity contribution in [2.45, 2.75) is 6.18 Å². The van der Waals surface area contributed by atoms with Crippen LogP contribution in [0.15, 0.2) is 73.2 Å². The molecule has 5 rings (SSSR count). The fourth-order valence-corrected chi connectivity index (χ4v) is 3.85. The molecule has 0 fully saturated rings. The zero-order valence-electron chi connectivity index (χ0n) is 19.9. The van der Waals surface area contributed by atoms with Gasteiger partial charge in [-0.25, -0.2) is 28.8 Å². The third-order valence-electron chi connectivity index (χ3n) is 5.63. The number of carbonyl (C=O) groups is 2. The first-order chi connectivity index (χ1) is 18.7. The number of halogens is 4. The molecule has 13 heteroatoms. The van der Waals surface area contributed by atoms with Gasteiger partial charge >= 0.3 is 12.1 Å². The smallest absolute Gasteiger partial charge is 0.417 e. The summed E-state index contributed by atoms with van der Waals surface area (Å²) in [5.74, 6) is -3.48. The third-order valence-corrected chi connectivity index (χ3v) is 5.63. The maximum atomic E-state index is 15.0. The first-order valence-electron chi connectivity index (χ1n) is 11.2. The van der Waals surface area contributed by atoms with E-state index in [1.165, 1.54) is 42.5 Å². The third kappa shape index (κ3) is 4.89. The molecule has 5 aromatic rings. The molecule has 196 valence electrons. The Morgan fingerprint density at radius 3 is 2.36 bits per heavy atom. The van der Waals surface area contributed by atoms with Crippen molar-refractivity contribution in [1.82, 2.24) is 24.7 Å². The van der Waals surface area contributed by atoms with E-state index in [2.05, 4.69) is 25.4 Å². The molecule has 0 aliphatic carbocycles. The topological polar surface area (TPSA) is 112 Å². The van der Waals surface area contributed by atoms with Crippen LogP contribution in [0.25, 0.3) is 28.1 Å². The molecule has 0 spiro atoms. The van der Waals surface area contributed by atoms with Crippen LogP contribution in [0.3, 0.4) is 0 Å². The van der Waals surface area contributed by atoms with Crippen LogP contribution in [0.1, 0.15) is 26.3 Å². The van der Waals surface area contributed by atoms with Crippen molar-refractivity contribution in [2.24, 2.45) is 0 Å². The van der Waals surface area contributed by atoms with Gasteiger partial charge in [-0.05, 0) is 36.4 Å². The van der Waals surface area contributed by atoms with Gasteiger partial charge in [0.1, 0.15) is 16.9 Å². The number of ether oxygens (including phenoxy) is 1. The second-order valence-corrected chi connectivity index (χ2v) is 8.08. The number of pyridine rings is 1. The molecule has 1 N–H and O–H groups in total. The number of hydrogen-bond acceptors (Lipinski definition) is 7. The van der Waals surface area contributed by atoms with E-state index in [1.54, 1.807) is 30.3 Å². The summed E-state index contributed by atoms with van der Waals surface area (Å²) >= 11 is 0. The molecule has 0 unspecified atom stereocenters. The lowest BCUT2D eigenvalue weighted by molar-refractivity contribution is -0.137. The Balaban J connectivity index is 1.63. The van der Waals surface area contributed by atoms with Crippen LogP contribution < -0.4 is 5.32 Å². The molecule has 3 aromatic heterocycles. The number of nitrogens with zero attached hydrogens (tertiary/aromatic N) is 5. The number of anilines is 1. The zero-order chi connectivity index (χ0) is 27.7. The van der Waals surface area contributed by atoms with Gasteiger partial charge in [-0.15, -0.1) is 0 Å². The Morgan fingerprint density at radius 2 is 1.69 bits per heavy atom. The number of hydrogen-bond donors (Lipinski definition) is 1. The van der Waals surface area contributed by atoms with Gasteiger partial charge in [0.2, 0.25) is 0 Å². The maximum absolute atomic E-state index is 15.0. The second-order valence-electron chi connectivity index (χ2n) is 8.08. The highest BCUT2D eigenvalue weighted by molar-refractivity contribution is 6.08. The molecule has 0 bridgehead atoms. The minimum Gasteiger partial charge on any atom is -0.465 e. The highest BCUT2D eigenvalue weighted by Crippen LogP contribution is 2.37. The number of para-hydroxylation sites is 1. The number of benzene rings is 2. The van der Waals surface area contributed by atoms with Gasteiger partial charge in [0.25, 0.3) is 5.91 Å². The van der Waals surface area contributed by atoms with Gasteiger partial charge in [-0.1, -0.05) is 18.2 Å². The minimum atomic E-state index is -4.94. The standard InChI is InChI=1S/C26H16F4N6O3/c1-39-25(38)14-10-20-21(33-13-14)23(36(35-20)15-6-3-2-4-7-15)34-24(37)17-11-16(22-31-8-5-9-32-22)18(12-19(17)27)26(28,29)30/h2-13H,1H3,(H,34,37). The molecule has 1 amide bonds. The Labute approximate surface area is 217 Å². The van der Waals surface area contributed by atoms with E-state index in [-0.39, 0.29) is 34.3 Å². The van der Waals surface area contributed by atoms with Crippen molar-refractivity contribution in [3.8, 4) is 17.1 Å². The van der Waals surface area contributed by atoms with E-state index in [0.29, 0.717) is 5.69 Å². The Morgan fingerprint density at radius 1 is 0.974 bits per heavy atom. The van der Waals surface area contributed by atoms with E-state index < -0.39 is 40.6 Å². The first-order valence-corrected chi connectivity index (χ1v) is 11.2. The van der Waals surface area contributed by atoms with Crippen molar-refractivity contribution in [3.63, 3.8) is 0 Å². The van der Waals surface area contributed by atoms with E-state index in [1.807, 2.05) is 0 Å². The fourth-order valence-electron chi connectivity index (χ4n) is 3.85. The van der Waals surface area contributed by atoms with Gasteiger partial charge in [-0.3, -0.25) is 4.79 Å². The van der Waals surface area contributed by atoms with E-state index in [4.69, 9.17) is 4.74 Å². The largest absolute Gasteiger partial charge is 0.465 e. The number of amides is 1. The molecule has 3 heterocycles. The van der Waals surface area contributed by atoms with E-state index >= 15 is 0 Å². The first kappa shape index (κ1) is 25.4. The monoisotopic (exact) mass is 536 g/mol. The number of carbonyl (C=O) groups excluding carboxylic acids is 2. The van der Waals surface area contributed by atoms with Crippen LogP contribution in [0.5, 0.6) is 0 Å². The summed E-state index contributed by atoms with van der Waals surface area (Å²) < 4.78 is 62.1. The molecule has 0 radical (unpaired) electrons. The summed E-state index contributed by atoms with van der Waals surface area (Å²) in [6.45, 7) is 0. The molecule has 39 heavy (non-hydrogen) atoms. The van der Waals surface area contributed by atoms with Crippen LogP contribution in [0.2, 0.25) is 0 Å². The zero-order valence-corrected chi connectivity index (χ0v) is 19.9. The molecular weight excluding hydrogens is 520 g/mol. The van der Waals surface area contributed by atoms with Crippen molar-refractivity contribution < 1.29 is 31.9 Å². The van der Waals surface area contributed by atoms with Crippen molar-refractivity contribution in [3.05, 3.63) is 95.7 Å². The van der Waals surface area contributed by atoms with Gasteiger partial charge in [0.15, 0.2) is 11.6 Å². The fraction of sp³-hybridized carbons (Fsp3) is 0.0769. The molecule has 2 aromatic carbocycles. The molecule has 0 aliphatic rings. The lowest BCUT2D eigenvalue weighted by Gasteiger charge is -2.15. The number of aromatic nitrogens is 5. The van der Waals surface area contributed by atoms with E-state index in [9.17, 15) is 27.2 Å². The molecule has 0 saturated heterocycles. The number of methoxy groups -OCH3 is 1. The summed E-state index contributed by atoms with van der Waals surface area (Å²) in [6, 6.07) is 12.3. The average Bonchev–Trinajstić information content (AvgIpc) is 3.30. The van der Waals surface area contributed by atoms with Crippen LogP contribution >= 0.6 is 0 Å². The van der Waals surface area contributed by atoms with Crippen molar-refractivity contribution in [1.29, 1.82) is 0 Å². The number of esters is 1. The van der Waals surface area contributed by atoms with Crippen LogP contribution in [-0.4, -0.2) is 43.7 Å². The maximum Gasteiger partial charge on any atom is 0.417 e. The molecule has 0 atom stereocenters. The van der Waals surface area contributed by atoms with Gasteiger partial charge < -0.3 is 10.1 Å². The number of fused-ring (bicyclic) bond motifs is 1. The van der Waals surface area contributed by atoms with Crippen LogP contribution in [0.4, 0.5) is 23.4 Å². The number of alkyl halides is 3. The van der Waals surface area contributed by atoms with Crippen LogP contribution in [-0.2, 0) is 10.9 Å². The molecule has 0 saturated carbocycles. The lowest BCUT2D eigenvalue weighted by atomic mass is 10.0. The van der Waals surface area contributed by atoms with Gasteiger partial charge in [-0.2, -0.15) is 18.3 Å². The highest BCUT2D eigenvalue weighted by Gasteiger charge is 2.36. The average molecular weight is 536 g/mol. The van der Waals surface area contributed by atoms with Crippen molar-refractivity contribution in [2.75, 3.05) is 12.4 Å². The number of nitrogens with one attached hydrogen (secondary N) is 1. The Bertz CT molecular complexity index is 1710. The molecule has 9 nitrogen and oxygen atoms in total. The van der Waals surface area contributed by atoms with Crippen LogP contribution in [0, 0.1) is 5.82 Å². The number of rotatable bonds is 5. The summed E-state index contributed by atoms with van der Waals surface area (Å²) in [5, 5.41) is 6.92. The Hall–Kier alpha value is -5.20. The highest BCUT2D eigenvalue weighted by atomic mass is 19.4. The normalized spacial score (nSPS) is 11.4. The molecular formula is C26H16F4N6O3. The summed E-state index contributed by atoms with van der Waals surface area (Å²) in [7, 11) is 1.20. The van der Waals surface area contributed by atoms with Gasteiger partial charge in [0.05, 0.1) is 29.5 Å². The lowest BCUT2D eigenvalue weighted by Crippen LogP contribution is -2.19. The SMILES string of the molecule is COC(=O)c1cnc2c(NC(=O)c3cc(-c4ncccn4)c(C(F)(F)F)cc3F)n(-c3ccccc3)nc2c1. The minimum absolute atomic E-state index is 0.00516. The predicted octanol–water partition coefficient (Wildman–Crippen LogP) is 5.07. The quantitative estimate of drug-likeness (QED) is 0.246. The summed E-state index contributed by atoms with van der Waals surface area (Å²) in [4.78, 5) is 37.1.